The quantitative estimate of drug-likeness (QED) is 0.775. The molecule has 0 aliphatic heterocycles. The molecule has 1 aromatic rings. The van der Waals surface area contributed by atoms with Crippen molar-refractivity contribution in [1.29, 1.82) is 0 Å². The minimum atomic E-state index is 0.704. The van der Waals surface area contributed by atoms with Gasteiger partial charge in [-0.25, -0.2) is 0 Å². The summed E-state index contributed by atoms with van der Waals surface area (Å²) in [5.74, 6) is 0. The molecule has 1 aliphatic carbocycles. The summed E-state index contributed by atoms with van der Waals surface area (Å²) >= 11 is 9.08. The summed E-state index contributed by atoms with van der Waals surface area (Å²) in [4.78, 5) is 0. The van der Waals surface area contributed by atoms with Crippen molar-refractivity contribution in [2.75, 3.05) is 6.26 Å². The second-order valence-corrected chi connectivity index (χ2v) is 7.69. The van der Waals surface area contributed by atoms with Crippen molar-refractivity contribution >= 4 is 43.6 Å². The molecule has 0 radical (unpaired) electrons. The van der Waals surface area contributed by atoms with Crippen molar-refractivity contribution in [1.82, 2.24) is 5.32 Å². The molecule has 0 heterocycles. The van der Waals surface area contributed by atoms with E-state index in [1.807, 2.05) is 11.8 Å². The van der Waals surface area contributed by atoms with Crippen molar-refractivity contribution in [2.45, 2.75) is 43.5 Å². The van der Waals surface area contributed by atoms with Crippen LogP contribution < -0.4 is 5.32 Å². The number of rotatable bonds is 4. The summed E-state index contributed by atoms with van der Waals surface area (Å²) in [5, 5.41) is 4.58. The molecule has 100 valence electrons. The average molecular weight is 393 g/mol. The SMILES string of the molecule is CSC1CCC(NCc2ccc(Br)c(Br)c2)CC1. The summed E-state index contributed by atoms with van der Waals surface area (Å²) < 4.78 is 2.25. The van der Waals surface area contributed by atoms with Crippen LogP contribution in [0.2, 0.25) is 0 Å². The number of benzene rings is 1. The van der Waals surface area contributed by atoms with Gasteiger partial charge in [-0.05, 0) is 81.5 Å². The second-order valence-electron chi connectivity index (χ2n) is 4.84. The van der Waals surface area contributed by atoms with Gasteiger partial charge in [0.1, 0.15) is 0 Å². The summed E-state index contributed by atoms with van der Waals surface area (Å²) in [6.45, 7) is 0.973. The van der Waals surface area contributed by atoms with Gasteiger partial charge in [0.2, 0.25) is 0 Å². The first-order valence-corrected chi connectivity index (χ1v) is 9.26. The van der Waals surface area contributed by atoms with E-state index in [1.54, 1.807) is 0 Å². The van der Waals surface area contributed by atoms with Crippen molar-refractivity contribution in [3.05, 3.63) is 32.7 Å². The maximum absolute atomic E-state index is 3.68. The van der Waals surface area contributed by atoms with Gasteiger partial charge in [-0.3, -0.25) is 0 Å². The van der Waals surface area contributed by atoms with Crippen LogP contribution in [0.3, 0.4) is 0 Å². The largest absolute Gasteiger partial charge is 0.310 e. The normalized spacial score (nSPS) is 24.2. The van der Waals surface area contributed by atoms with Crippen LogP contribution in [0.15, 0.2) is 27.1 Å². The number of hydrogen-bond donors (Lipinski definition) is 1. The van der Waals surface area contributed by atoms with Crippen LogP contribution >= 0.6 is 43.6 Å². The first kappa shape index (κ1) is 14.9. The van der Waals surface area contributed by atoms with E-state index in [2.05, 4.69) is 61.6 Å². The van der Waals surface area contributed by atoms with Crippen LogP contribution in [-0.2, 0) is 6.54 Å². The lowest BCUT2D eigenvalue weighted by molar-refractivity contribution is 0.379. The van der Waals surface area contributed by atoms with Crippen molar-refractivity contribution in [3.63, 3.8) is 0 Å². The lowest BCUT2D eigenvalue weighted by atomic mass is 9.95. The molecular weight excluding hydrogens is 374 g/mol. The summed E-state index contributed by atoms with van der Waals surface area (Å²) in [7, 11) is 0. The molecule has 1 nitrogen and oxygen atoms in total. The van der Waals surface area contributed by atoms with E-state index < -0.39 is 0 Å². The molecule has 1 N–H and O–H groups in total. The highest BCUT2D eigenvalue weighted by molar-refractivity contribution is 9.13. The van der Waals surface area contributed by atoms with Gasteiger partial charge in [-0.1, -0.05) is 6.07 Å². The fraction of sp³-hybridized carbons (Fsp3) is 0.571. The Hall–Kier alpha value is 0.490. The maximum Gasteiger partial charge on any atom is 0.0320 e. The molecule has 0 amide bonds. The minimum absolute atomic E-state index is 0.704. The Kier molecular flexibility index (Phi) is 6.05. The van der Waals surface area contributed by atoms with Crippen LogP contribution in [0.25, 0.3) is 0 Å². The Labute approximate surface area is 131 Å². The number of hydrogen-bond acceptors (Lipinski definition) is 2. The van der Waals surface area contributed by atoms with Crippen molar-refractivity contribution in [3.8, 4) is 0 Å². The molecule has 1 aliphatic rings. The molecule has 2 rings (SSSR count). The maximum atomic E-state index is 3.68. The molecule has 0 atom stereocenters. The first-order chi connectivity index (χ1) is 8.69. The third-order valence-electron chi connectivity index (χ3n) is 3.59. The van der Waals surface area contributed by atoms with Gasteiger partial charge in [0.25, 0.3) is 0 Å². The third-order valence-corrected chi connectivity index (χ3v) is 6.60. The van der Waals surface area contributed by atoms with Gasteiger partial charge in [-0.15, -0.1) is 0 Å². The van der Waals surface area contributed by atoms with E-state index in [0.717, 1.165) is 20.7 Å². The van der Waals surface area contributed by atoms with Crippen LogP contribution in [0, 0.1) is 0 Å². The molecule has 0 spiro atoms. The highest BCUT2D eigenvalue weighted by Gasteiger charge is 2.19. The number of nitrogens with one attached hydrogen (secondary N) is 1. The lowest BCUT2D eigenvalue weighted by Crippen LogP contribution is -2.33. The molecule has 18 heavy (non-hydrogen) atoms. The lowest BCUT2D eigenvalue weighted by Gasteiger charge is -2.28. The topological polar surface area (TPSA) is 12.0 Å². The second kappa shape index (κ2) is 7.32. The molecule has 1 aromatic carbocycles. The minimum Gasteiger partial charge on any atom is -0.310 e. The molecule has 0 aromatic heterocycles. The molecule has 0 bridgehead atoms. The van der Waals surface area contributed by atoms with E-state index in [9.17, 15) is 0 Å². The van der Waals surface area contributed by atoms with Crippen LogP contribution in [0.1, 0.15) is 31.2 Å². The molecular formula is C14H19Br2NS. The zero-order chi connectivity index (χ0) is 13.0. The van der Waals surface area contributed by atoms with Crippen LogP contribution in [-0.4, -0.2) is 17.5 Å². The van der Waals surface area contributed by atoms with Gasteiger partial charge in [0.15, 0.2) is 0 Å². The third kappa shape index (κ3) is 4.26. The Balaban J connectivity index is 1.79. The highest BCUT2D eigenvalue weighted by Crippen LogP contribution is 2.27. The molecule has 0 unspecified atom stereocenters. The number of halogens is 2. The van der Waals surface area contributed by atoms with E-state index in [-0.39, 0.29) is 0 Å². The standard InChI is InChI=1S/C14H19Br2NS/c1-18-12-5-3-11(4-6-12)17-9-10-2-7-13(15)14(16)8-10/h2,7-8,11-12,17H,3-6,9H2,1H3. The van der Waals surface area contributed by atoms with Crippen LogP contribution in [0.4, 0.5) is 0 Å². The molecule has 1 saturated carbocycles. The highest BCUT2D eigenvalue weighted by atomic mass is 79.9. The van der Waals surface area contributed by atoms with Gasteiger partial charge in [0, 0.05) is 26.8 Å². The van der Waals surface area contributed by atoms with E-state index in [4.69, 9.17) is 0 Å². The Morgan fingerprint density at radius 2 is 1.89 bits per heavy atom. The molecule has 1 fully saturated rings. The average Bonchev–Trinajstić information content (AvgIpc) is 2.41. The summed E-state index contributed by atoms with van der Waals surface area (Å²) in [5.41, 5.74) is 1.34. The smallest absolute Gasteiger partial charge is 0.0320 e. The van der Waals surface area contributed by atoms with Gasteiger partial charge in [-0.2, -0.15) is 11.8 Å². The molecule has 4 heteroatoms. The zero-order valence-electron chi connectivity index (χ0n) is 10.6. The van der Waals surface area contributed by atoms with Crippen molar-refractivity contribution < 1.29 is 0 Å². The van der Waals surface area contributed by atoms with Crippen LogP contribution in [0.5, 0.6) is 0 Å². The predicted octanol–water partition coefficient (Wildman–Crippen LogP) is 4.98. The van der Waals surface area contributed by atoms with E-state index >= 15 is 0 Å². The van der Waals surface area contributed by atoms with E-state index in [1.165, 1.54) is 31.2 Å². The Morgan fingerprint density at radius 3 is 2.50 bits per heavy atom. The summed E-state index contributed by atoms with van der Waals surface area (Å²) in [6, 6.07) is 7.17. The zero-order valence-corrected chi connectivity index (χ0v) is 14.6. The number of thioether (sulfide) groups is 1. The fourth-order valence-electron chi connectivity index (χ4n) is 2.41. The van der Waals surface area contributed by atoms with Gasteiger partial charge >= 0.3 is 0 Å². The Morgan fingerprint density at radius 1 is 1.17 bits per heavy atom. The Bertz CT molecular complexity index is 389. The monoisotopic (exact) mass is 391 g/mol. The van der Waals surface area contributed by atoms with Crippen molar-refractivity contribution in [2.24, 2.45) is 0 Å². The fourth-order valence-corrected chi connectivity index (χ4v) is 3.83. The predicted molar refractivity (Wildman–Crippen MR) is 88.2 cm³/mol. The molecule has 0 saturated heterocycles. The summed E-state index contributed by atoms with van der Waals surface area (Å²) in [6.07, 6.45) is 7.61. The van der Waals surface area contributed by atoms with Gasteiger partial charge < -0.3 is 5.32 Å². The first-order valence-electron chi connectivity index (χ1n) is 6.39. The van der Waals surface area contributed by atoms with Gasteiger partial charge in [0.05, 0.1) is 0 Å². The van der Waals surface area contributed by atoms with E-state index in [0.29, 0.717) is 6.04 Å².